The van der Waals surface area contributed by atoms with Crippen LogP contribution in [-0.4, -0.2) is 75.1 Å². The van der Waals surface area contributed by atoms with Crippen molar-refractivity contribution in [2.75, 3.05) is 38.7 Å². The van der Waals surface area contributed by atoms with Gasteiger partial charge in [-0.3, -0.25) is 15.2 Å². The van der Waals surface area contributed by atoms with Gasteiger partial charge in [-0.2, -0.15) is 5.10 Å². The van der Waals surface area contributed by atoms with Gasteiger partial charge < -0.3 is 10.1 Å². The van der Waals surface area contributed by atoms with Gasteiger partial charge in [0.2, 0.25) is 0 Å². The van der Waals surface area contributed by atoms with Crippen molar-refractivity contribution in [2.45, 2.75) is 18.9 Å². The van der Waals surface area contributed by atoms with Crippen LogP contribution in [0.4, 0.5) is 10.6 Å². The molecular formula is C31H32N8O2. The number of methoxy groups -OCH3 is 1. The smallest absolute Gasteiger partial charge is 0.320 e. The van der Waals surface area contributed by atoms with E-state index in [1.54, 1.807) is 30.4 Å². The number of carbonyl (C=O) groups is 1. The molecular weight excluding hydrogens is 516 g/mol. The topological polar surface area (TPSA) is 110 Å². The van der Waals surface area contributed by atoms with Crippen LogP contribution < -0.4 is 10.6 Å². The van der Waals surface area contributed by atoms with Crippen LogP contribution >= 0.6 is 0 Å². The summed E-state index contributed by atoms with van der Waals surface area (Å²) in [6.45, 7) is 5.00. The van der Waals surface area contributed by atoms with E-state index >= 15 is 0 Å². The van der Waals surface area contributed by atoms with E-state index in [4.69, 9.17) is 9.84 Å². The Morgan fingerprint density at radius 3 is 2.54 bits per heavy atom. The minimum absolute atomic E-state index is 0.0645. The molecule has 5 aromatic rings. The van der Waals surface area contributed by atoms with Crippen LogP contribution in [0.5, 0.6) is 0 Å². The maximum absolute atomic E-state index is 13.6. The summed E-state index contributed by atoms with van der Waals surface area (Å²) in [7, 11) is 1.71. The van der Waals surface area contributed by atoms with Crippen LogP contribution in [0.1, 0.15) is 17.0 Å². The van der Waals surface area contributed by atoms with Crippen LogP contribution in [0.3, 0.4) is 0 Å². The third kappa shape index (κ3) is 5.65. The number of nitrogens with zero attached hydrogens (tertiary/aromatic N) is 6. The first-order chi connectivity index (χ1) is 20.1. The number of benzene rings is 2. The van der Waals surface area contributed by atoms with E-state index < -0.39 is 0 Å². The van der Waals surface area contributed by atoms with Gasteiger partial charge >= 0.3 is 6.03 Å². The lowest BCUT2D eigenvalue weighted by atomic mass is 9.94. The molecule has 0 saturated carbocycles. The highest BCUT2D eigenvalue weighted by Gasteiger charge is 2.35. The highest BCUT2D eigenvalue weighted by atomic mass is 16.5. The van der Waals surface area contributed by atoms with Gasteiger partial charge in [0.15, 0.2) is 5.65 Å². The normalized spacial score (nSPS) is 17.1. The molecule has 10 heteroatoms. The molecule has 6 rings (SSSR count). The number of para-hydroxylation sites is 1. The van der Waals surface area contributed by atoms with E-state index in [0.717, 1.165) is 36.4 Å². The van der Waals surface area contributed by atoms with Gasteiger partial charge in [-0.25, -0.2) is 19.4 Å². The predicted octanol–water partition coefficient (Wildman–Crippen LogP) is 4.42. The first kappa shape index (κ1) is 26.5. The molecule has 1 fully saturated rings. The van der Waals surface area contributed by atoms with Gasteiger partial charge in [-0.05, 0) is 30.7 Å². The minimum Gasteiger partial charge on any atom is -0.383 e. The molecule has 2 N–H and O–H groups in total. The van der Waals surface area contributed by atoms with E-state index in [2.05, 4.69) is 42.6 Å². The zero-order valence-corrected chi connectivity index (χ0v) is 23.1. The molecule has 4 heterocycles. The first-order valence-electron chi connectivity index (χ1n) is 13.7. The summed E-state index contributed by atoms with van der Waals surface area (Å²) < 4.78 is 7.07. The SMILES string of the molecule is COCCN1C[C@@H](NC(=O)Nc2c(C)c(-c3cnc4nccnc4c3)nn2-c2ccccc2)[C@H](c2ccccc2)C1. The number of nitrogens with one attached hydrogen (secondary N) is 2. The Kier molecular flexibility index (Phi) is 7.66. The summed E-state index contributed by atoms with van der Waals surface area (Å²) in [6.07, 6.45) is 5.00. The summed E-state index contributed by atoms with van der Waals surface area (Å²) in [4.78, 5) is 29.1. The van der Waals surface area contributed by atoms with Gasteiger partial charge in [0, 0.05) is 62.4 Å². The molecule has 10 nitrogen and oxygen atoms in total. The summed E-state index contributed by atoms with van der Waals surface area (Å²) in [5.74, 6) is 0.757. The van der Waals surface area contributed by atoms with E-state index in [9.17, 15) is 4.79 Å². The lowest BCUT2D eigenvalue weighted by Gasteiger charge is -2.21. The molecule has 2 aromatic carbocycles. The largest absolute Gasteiger partial charge is 0.383 e. The average molecular weight is 549 g/mol. The van der Waals surface area contributed by atoms with E-state index in [1.807, 2.05) is 61.5 Å². The lowest BCUT2D eigenvalue weighted by molar-refractivity contribution is 0.159. The maximum atomic E-state index is 13.6. The number of aromatic nitrogens is 5. The fourth-order valence-electron chi connectivity index (χ4n) is 5.44. The molecule has 1 aliphatic rings. The number of anilines is 1. The molecule has 41 heavy (non-hydrogen) atoms. The number of carbonyl (C=O) groups excluding carboxylic acids is 1. The molecule has 1 aliphatic heterocycles. The Morgan fingerprint density at radius 2 is 1.76 bits per heavy atom. The molecule has 3 aromatic heterocycles. The number of hydrogen-bond donors (Lipinski definition) is 2. The Labute approximate surface area is 238 Å². The predicted molar refractivity (Wildman–Crippen MR) is 158 cm³/mol. The highest BCUT2D eigenvalue weighted by molar-refractivity contribution is 5.91. The van der Waals surface area contributed by atoms with Gasteiger partial charge in [-0.1, -0.05) is 48.5 Å². The standard InChI is InChI=1S/C31H32N8O2/c1-21-28(23-17-26-29(34-18-23)33-14-13-32-26)37-39(24-11-7-4-8-12-24)30(21)36-31(40)35-27-20-38(15-16-41-2)19-25(27)22-9-5-3-6-10-22/h3-14,17-18,25,27H,15-16,19-20H2,1-2H3,(H2,35,36,40)/t25-,27+/m0/s1. The Hall–Kier alpha value is -4.67. The number of amides is 2. The van der Waals surface area contributed by atoms with Crippen molar-refractivity contribution in [2.24, 2.45) is 0 Å². The molecule has 2 amide bonds. The van der Waals surface area contributed by atoms with Crippen molar-refractivity contribution in [3.8, 4) is 16.9 Å². The number of hydrogen-bond acceptors (Lipinski definition) is 7. The first-order valence-corrected chi connectivity index (χ1v) is 13.7. The van der Waals surface area contributed by atoms with Crippen LogP contribution in [0.2, 0.25) is 0 Å². The van der Waals surface area contributed by atoms with Gasteiger partial charge in [0.25, 0.3) is 0 Å². The van der Waals surface area contributed by atoms with Gasteiger partial charge in [0.05, 0.1) is 24.0 Å². The maximum Gasteiger partial charge on any atom is 0.320 e. The minimum atomic E-state index is -0.279. The Balaban J connectivity index is 1.30. The van der Waals surface area contributed by atoms with E-state index in [1.165, 1.54) is 5.56 Å². The second kappa shape index (κ2) is 11.8. The van der Waals surface area contributed by atoms with Gasteiger partial charge in [0.1, 0.15) is 11.3 Å². The van der Waals surface area contributed by atoms with Gasteiger partial charge in [-0.15, -0.1) is 0 Å². The summed E-state index contributed by atoms with van der Waals surface area (Å²) in [5, 5.41) is 11.3. The Morgan fingerprint density at radius 1 is 1.00 bits per heavy atom. The monoisotopic (exact) mass is 548 g/mol. The number of ether oxygens (including phenoxy) is 1. The fraction of sp³-hybridized carbons (Fsp3) is 0.258. The second-order valence-electron chi connectivity index (χ2n) is 10.2. The van der Waals surface area contributed by atoms with Crippen LogP contribution in [0.15, 0.2) is 85.3 Å². The molecule has 0 radical (unpaired) electrons. The molecule has 1 saturated heterocycles. The van der Waals surface area contributed by atoms with Crippen molar-refractivity contribution < 1.29 is 9.53 Å². The summed E-state index contributed by atoms with van der Waals surface area (Å²) in [6, 6.07) is 21.7. The molecule has 2 atom stereocenters. The number of urea groups is 1. The third-order valence-electron chi connectivity index (χ3n) is 7.50. The number of pyridine rings is 1. The number of likely N-dealkylation sites (tertiary alicyclic amines) is 1. The fourth-order valence-corrected chi connectivity index (χ4v) is 5.44. The van der Waals surface area contributed by atoms with Crippen LogP contribution in [0.25, 0.3) is 28.1 Å². The van der Waals surface area contributed by atoms with Crippen molar-refractivity contribution in [3.63, 3.8) is 0 Å². The molecule has 0 unspecified atom stereocenters. The average Bonchev–Trinajstić information content (AvgIpc) is 3.56. The quantitative estimate of drug-likeness (QED) is 0.295. The van der Waals surface area contributed by atoms with Crippen molar-refractivity contribution in [3.05, 3.63) is 96.4 Å². The number of fused-ring (bicyclic) bond motifs is 1. The second-order valence-corrected chi connectivity index (χ2v) is 10.2. The van der Waals surface area contributed by atoms with Crippen LogP contribution in [-0.2, 0) is 4.74 Å². The van der Waals surface area contributed by atoms with E-state index in [-0.39, 0.29) is 18.0 Å². The lowest BCUT2D eigenvalue weighted by Crippen LogP contribution is -2.42. The van der Waals surface area contributed by atoms with E-state index in [0.29, 0.717) is 29.3 Å². The summed E-state index contributed by atoms with van der Waals surface area (Å²) in [5.41, 5.74) is 5.61. The molecule has 0 spiro atoms. The van der Waals surface area contributed by atoms with Crippen LogP contribution in [0, 0.1) is 6.92 Å². The van der Waals surface area contributed by atoms with Crippen molar-refractivity contribution in [1.29, 1.82) is 0 Å². The summed E-state index contributed by atoms with van der Waals surface area (Å²) >= 11 is 0. The zero-order chi connectivity index (χ0) is 28.2. The number of rotatable bonds is 8. The molecule has 0 aliphatic carbocycles. The highest BCUT2D eigenvalue weighted by Crippen LogP contribution is 2.32. The zero-order valence-electron chi connectivity index (χ0n) is 23.1. The molecule has 0 bridgehead atoms. The Bertz CT molecular complexity index is 1640. The molecule has 208 valence electrons. The third-order valence-corrected chi connectivity index (χ3v) is 7.50. The van der Waals surface area contributed by atoms with Crippen molar-refractivity contribution in [1.82, 2.24) is 34.9 Å². The van der Waals surface area contributed by atoms with Crippen molar-refractivity contribution >= 4 is 23.0 Å².